The van der Waals surface area contributed by atoms with Crippen LogP contribution in [0.15, 0.2) is 29.1 Å². The van der Waals surface area contributed by atoms with Crippen LogP contribution in [0, 0.1) is 5.41 Å². The van der Waals surface area contributed by atoms with Gasteiger partial charge in [-0.3, -0.25) is 14.2 Å². The smallest absolute Gasteiger partial charge is 0.312 e. The number of rotatable bonds is 4. The highest BCUT2D eigenvalue weighted by Crippen LogP contribution is 2.20. The highest BCUT2D eigenvalue weighted by molar-refractivity contribution is 5.81. The third-order valence-electron chi connectivity index (χ3n) is 3.75. The molecule has 0 fully saturated rings. The molecule has 0 amide bonds. The minimum Gasteiger partial charge on any atom is -0.481 e. The van der Waals surface area contributed by atoms with E-state index in [-0.39, 0.29) is 5.56 Å². The summed E-state index contributed by atoms with van der Waals surface area (Å²) in [7, 11) is 1.72. The standard InChI is InChI=1S/C17H20N2O3/c1-5-14-18-13-10-11(8-9-17(2,3)16(21)22)6-7-12(13)15(20)19(14)4/h6-10H,5H2,1-4H3,(H,21,22)/b9-8+. The van der Waals surface area contributed by atoms with Gasteiger partial charge in [0.05, 0.1) is 16.3 Å². The van der Waals surface area contributed by atoms with Crippen molar-refractivity contribution >= 4 is 22.9 Å². The maximum absolute atomic E-state index is 12.3. The molecule has 0 aliphatic heterocycles. The van der Waals surface area contributed by atoms with E-state index in [1.807, 2.05) is 13.0 Å². The molecule has 0 saturated heterocycles. The van der Waals surface area contributed by atoms with E-state index in [9.17, 15) is 9.59 Å². The van der Waals surface area contributed by atoms with Gasteiger partial charge in [0, 0.05) is 13.5 Å². The fourth-order valence-corrected chi connectivity index (χ4v) is 2.13. The van der Waals surface area contributed by atoms with Gasteiger partial charge in [-0.25, -0.2) is 4.98 Å². The number of fused-ring (bicyclic) bond motifs is 1. The van der Waals surface area contributed by atoms with Crippen LogP contribution in [0.2, 0.25) is 0 Å². The number of hydrogen-bond acceptors (Lipinski definition) is 3. The molecule has 0 bridgehead atoms. The second-order valence-electron chi connectivity index (χ2n) is 5.88. The molecular formula is C17H20N2O3. The number of carboxylic acids is 1. The van der Waals surface area contributed by atoms with E-state index in [4.69, 9.17) is 5.11 Å². The van der Waals surface area contributed by atoms with Gasteiger partial charge in [-0.2, -0.15) is 0 Å². The normalized spacial score (nSPS) is 12.2. The fourth-order valence-electron chi connectivity index (χ4n) is 2.13. The van der Waals surface area contributed by atoms with Crippen LogP contribution in [0.1, 0.15) is 32.2 Å². The Morgan fingerprint density at radius 1 is 1.41 bits per heavy atom. The first kappa shape index (κ1) is 15.9. The van der Waals surface area contributed by atoms with E-state index in [0.717, 1.165) is 11.4 Å². The van der Waals surface area contributed by atoms with Gasteiger partial charge in [0.1, 0.15) is 5.82 Å². The molecule has 0 atom stereocenters. The summed E-state index contributed by atoms with van der Waals surface area (Å²) in [4.78, 5) is 27.9. The minimum absolute atomic E-state index is 0.0664. The molecule has 5 heteroatoms. The highest BCUT2D eigenvalue weighted by Gasteiger charge is 2.23. The molecule has 0 spiro atoms. The summed E-state index contributed by atoms with van der Waals surface area (Å²) >= 11 is 0. The predicted octanol–water partition coefficient (Wildman–Crippen LogP) is 2.62. The second-order valence-corrected chi connectivity index (χ2v) is 5.88. The molecule has 0 radical (unpaired) electrons. The number of aromatic nitrogens is 2. The van der Waals surface area contributed by atoms with Crippen molar-refractivity contribution in [3.63, 3.8) is 0 Å². The Hall–Kier alpha value is -2.43. The Labute approximate surface area is 128 Å². The van der Waals surface area contributed by atoms with E-state index in [0.29, 0.717) is 17.3 Å². The van der Waals surface area contributed by atoms with Crippen molar-refractivity contribution in [3.05, 3.63) is 46.0 Å². The van der Waals surface area contributed by atoms with E-state index >= 15 is 0 Å². The molecule has 0 aliphatic rings. The SMILES string of the molecule is CCc1nc2cc(/C=C/C(C)(C)C(=O)O)ccc2c(=O)n1C. The van der Waals surface area contributed by atoms with Gasteiger partial charge in [0.2, 0.25) is 0 Å². The van der Waals surface area contributed by atoms with Crippen molar-refractivity contribution in [3.8, 4) is 0 Å². The Kier molecular flexibility index (Phi) is 4.17. The molecule has 116 valence electrons. The lowest BCUT2D eigenvalue weighted by molar-refractivity contribution is -0.144. The van der Waals surface area contributed by atoms with Crippen molar-refractivity contribution in [2.24, 2.45) is 12.5 Å². The Morgan fingerprint density at radius 3 is 2.68 bits per heavy atom. The van der Waals surface area contributed by atoms with Crippen molar-refractivity contribution in [1.29, 1.82) is 0 Å². The summed E-state index contributed by atoms with van der Waals surface area (Å²) in [6.07, 6.45) is 4.06. The maximum atomic E-state index is 12.3. The zero-order valence-corrected chi connectivity index (χ0v) is 13.3. The van der Waals surface area contributed by atoms with Gasteiger partial charge in [-0.1, -0.05) is 25.1 Å². The maximum Gasteiger partial charge on any atom is 0.312 e. The first-order valence-electron chi connectivity index (χ1n) is 7.18. The minimum atomic E-state index is -0.941. The van der Waals surface area contributed by atoms with Crippen LogP contribution in [0.5, 0.6) is 0 Å². The first-order valence-corrected chi connectivity index (χ1v) is 7.18. The Balaban J connectivity index is 2.52. The monoisotopic (exact) mass is 300 g/mol. The lowest BCUT2D eigenvalue weighted by atomic mass is 9.92. The summed E-state index contributed by atoms with van der Waals surface area (Å²) in [5.41, 5.74) is 0.451. The first-order chi connectivity index (χ1) is 10.3. The molecule has 0 aliphatic carbocycles. The molecule has 1 heterocycles. The fraction of sp³-hybridized carbons (Fsp3) is 0.353. The van der Waals surface area contributed by atoms with Crippen molar-refractivity contribution in [2.75, 3.05) is 0 Å². The van der Waals surface area contributed by atoms with Gasteiger partial charge in [0.25, 0.3) is 5.56 Å². The third kappa shape index (κ3) is 2.93. The second kappa shape index (κ2) is 5.75. The van der Waals surface area contributed by atoms with Crippen molar-refractivity contribution in [2.45, 2.75) is 27.2 Å². The van der Waals surface area contributed by atoms with Crippen LogP contribution >= 0.6 is 0 Å². The van der Waals surface area contributed by atoms with Gasteiger partial charge in [-0.15, -0.1) is 0 Å². The number of carboxylic acid groups (broad SMARTS) is 1. The van der Waals surface area contributed by atoms with Crippen LogP contribution in [0.25, 0.3) is 17.0 Å². The zero-order chi connectivity index (χ0) is 16.5. The number of carbonyl (C=O) groups is 1. The quantitative estimate of drug-likeness (QED) is 0.942. The van der Waals surface area contributed by atoms with E-state index in [2.05, 4.69) is 4.98 Å². The Morgan fingerprint density at radius 2 is 2.09 bits per heavy atom. The predicted molar refractivity (Wildman–Crippen MR) is 86.8 cm³/mol. The molecule has 22 heavy (non-hydrogen) atoms. The lowest BCUT2D eigenvalue weighted by Crippen LogP contribution is -2.22. The van der Waals surface area contributed by atoms with Crippen molar-refractivity contribution in [1.82, 2.24) is 9.55 Å². The molecule has 1 aromatic heterocycles. The van der Waals surface area contributed by atoms with E-state index in [1.165, 1.54) is 0 Å². The molecule has 0 saturated carbocycles. The zero-order valence-electron chi connectivity index (χ0n) is 13.3. The van der Waals surface area contributed by atoms with E-state index < -0.39 is 11.4 Å². The molecule has 0 unspecified atom stereocenters. The third-order valence-corrected chi connectivity index (χ3v) is 3.75. The van der Waals surface area contributed by atoms with Gasteiger partial charge < -0.3 is 5.11 Å². The van der Waals surface area contributed by atoms with Gasteiger partial charge in [0.15, 0.2) is 0 Å². The van der Waals surface area contributed by atoms with Crippen molar-refractivity contribution < 1.29 is 9.90 Å². The van der Waals surface area contributed by atoms with Gasteiger partial charge in [-0.05, 0) is 31.5 Å². The molecule has 1 N–H and O–H groups in total. The Bertz CT molecular complexity index is 816. The highest BCUT2D eigenvalue weighted by atomic mass is 16.4. The number of nitrogens with zero attached hydrogens (tertiary/aromatic N) is 2. The number of aryl methyl sites for hydroxylation is 1. The molecular weight excluding hydrogens is 280 g/mol. The summed E-state index contributed by atoms with van der Waals surface area (Å²) in [5.74, 6) is -0.158. The van der Waals surface area contributed by atoms with Crippen LogP contribution in [0.3, 0.4) is 0 Å². The molecule has 1 aromatic carbocycles. The topological polar surface area (TPSA) is 72.2 Å². The number of benzene rings is 1. The average Bonchev–Trinajstić information content (AvgIpc) is 2.48. The van der Waals surface area contributed by atoms with Crippen LogP contribution in [-0.2, 0) is 18.3 Å². The average molecular weight is 300 g/mol. The van der Waals surface area contributed by atoms with Crippen LogP contribution in [-0.4, -0.2) is 20.6 Å². The van der Waals surface area contributed by atoms with Crippen LogP contribution < -0.4 is 5.56 Å². The lowest BCUT2D eigenvalue weighted by Gasteiger charge is -2.13. The summed E-state index contributed by atoms with van der Waals surface area (Å²) in [6, 6.07) is 5.34. The molecule has 2 aromatic rings. The number of hydrogen-bond donors (Lipinski definition) is 1. The summed E-state index contributed by atoms with van der Waals surface area (Å²) < 4.78 is 1.56. The summed E-state index contributed by atoms with van der Waals surface area (Å²) in [6.45, 7) is 5.22. The molecule has 2 rings (SSSR count). The number of aliphatic carboxylic acids is 1. The van der Waals surface area contributed by atoms with Gasteiger partial charge >= 0.3 is 5.97 Å². The largest absolute Gasteiger partial charge is 0.481 e. The molecule has 5 nitrogen and oxygen atoms in total. The van der Waals surface area contributed by atoms with E-state index in [1.54, 1.807) is 49.7 Å². The van der Waals surface area contributed by atoms with Crippen LogP contribution in [0.4, 0.5) is 0 Å². The summed E-state index contributed by atoms with van der Waals surface area (Å²) in [5, 5.41) is 9.68.